The number of methoxy groups -OCH3 is 1. The SMILES string of the molecule is COCCn1c(SCc2c(F)ccc(F)c2F)nnc1-c1cc(-c2ccccc2)nc2ccccc12. The molecule has 2 aromatic heterocycles. The molecule has 5 aromatic rings. The molecule has 0 spiro atoms. The van der Waals surface area contributed by atoms with Crippen LogP contribution in [0.4, 0.5) is 13.2 Å². The van der Waals surface area contributed by atoms with E-state index in [1.54, 1.807) is 7.11 Å². The molecule has 0 atom stereocenters. The van der Waals surface area contributed by atoms with E-state index in [2.05, 4.69) is 10.2 Å². The number of fused-ring (bicyclic) bond motifs is 1. The summed E-state index contributed by atoms with van der Waals surface area (Å²) < 4.78 is 49.2. The summed E-state index contributed by atoms with van der Waals surface area (Å²) in [5.74, 6) is -2.67. The third-order valence-electron chi connectivity index (χ3n) is 5.75. The van der Waals surface area contributed by atoms with E-state index in [4.69, 9.17) is 9.72 Å². The summed E-state index contributed by atoms with van der Waals surface area (Å²) in [5, 5.41) is 10.1. The van der Waals surface area contributed by atoms with Crippen LogP contribution in [0.3, 0.4) is 0 Å². The third kappa shape index (κ3) is 4.72. The Labute approximate surface area is 210 Å². The maximum absolute atomic E-state index is 14.2. The summed E-state index contributed by atoms with van der Waals surface area (Å²) in [6.45, 7) is 0.780. The molecular weight excluding hydrogens is 485 g/mol. The number of benzene rings is 3. The van der Waals surface area contributed by atoms with Gasteiger partial charge in [-0.3, -0.25) is 4.57 Å². The van der Waals surface area contributed by atoms with Crippen LogP contribution < -0.4 is 0 Å². The Morgan fingerprint density at radius 1 is 0.889 bits per heavy atom. The molecule has 0 N–H and O–H groups in total. The zero-order valence-electron chi connectivity index (χ0n) is 19.3. The molecule has 2 heterocycles. The van der Waals surface area contributed by atoms with Crippen molar-refractivity contribution in [2.75, 3.05) is 13.7 Å². The van der Waals surface area contributed by atoms with Crippen LogP contribution in [-0.2, 0) is 17.0 Å². The fourth-order valence-electron chi connectivity index (χ4n) is 3.93. The van der Waals surface area contributed by atoms with Gasteiger partial charge in [0.25, 0.3) is 0 Å². The number of hydrogen-bond acceptors (Lipinski definition) is 5. The average molecular weight is 507 g/mol. The highest BCUT2D eigenvalue weighted by Crippen LogP contribution is 2.34. The molecule has 0 aliphatic carbocycles. The van der Waals surface area contributed by atoms with Crippen molar-refractivity contribution < 1.29 is 17.9 Å². The normalized spacial score (nSPS) is 11.3. The summed E-state index contributed by atoms with van der Waals surface area (Å²) in [6.07, 6.45) is 0. The van der Waals surface area contributed by atoms with E-state index in [1.165, 1.54) is 0 Å². The lowest BCUT2D eigenvalue weighted by Gasteiger charge is -2.13. The van der Waals surface area contributed by atoms with Gasteiger partial charge < -0.3 is 4.74 Å². The molecule has 3 aromatic carbocycles. The first-order valence-electron chi connectivity index (χ1n) is 11.2. The lowest BCUT2D eigenvalue weighted by atomic mass is 10.0. The van der Waals surface area contributed by atoms with Gasteiger partial charge in [-0.2, -0.15) is 0 Å². The molecule has 5 nitrogen and oxygen atoms in total. The number of ether oxygens (including phenoxy) is 1. The van der Waals surface area contributed by atoms with Crippen molar-refractivity contribution in [3.63, 3.8) is 0 Å². The van der Waals surface area contributed by atoms with Crippen molar-refractivity contribution in [2.24, 2.45) is 0 Å². The van der Waals surface area contributed by atoms with E-state index in [0.29, 0.717) is 24.1 Å². The Morgan fingerprint density at radius 3 is 2.44 bits per heavy atom. The zero-order valence-corrected chi connectivity index (χ0v) is 20.1. The summed E-state index contributed by atoms with van der Waals surface area (Å²) in [5.41, 5.74) is 3.01. The molecule has 0 aliphatic heterocycles. The summed E-state index contributed by atoms with van der Waals surface area (Å²) in [7, 11) is 1.59. The van der Waals surface area contributed by atoms with Gasteiger partial charge in [0.05, 0.1) is 24.4 Å². The highest BCUT2D eigenvalue weighted by Gasteiger charge is 2.20. The minimum atomic E-state index is -1.20. The van der Waals surface area contributed by atoms with Gasteiger partial charge in [-0.25, -0.2) is 18.2 Å². The van der Waals surface area contributed by atoms with Gasteiger partial charge >= 0.3 is 0 Å². The molecule has 0 saturated heterocycles. The molecule has 0 saturated carbocycles. The number of pyridine rings is 1. The number of nitrogens with zero attached hydrogens (tertiary/aromatic N) is 4. The maximum Gasteiger partial charge on any atom is 0.191 e. The highest BCUT2D eigenvalue weighted by atomic mass is 32.2. The molecule has 0 amide bonds. The first-order chi connectivity index (χ1) is 17.6. The van der Waals surface area contributed by atoms with Gasteiger partial charge in [-0.05, 0) is 24.3 Å². The Balaban J connectivity index is 1.60. The van der Waals surface area contributed by atoms with E-state index < -0.39 is 17.5 Å². The van der Waals surface area contributed by atoms with Gasteiger partial charge in [0.2, 0.25) is 0 Å². The molecule has 5 rings (SSSR count). The molecule has 0 unspecified atom stereocenters. The second-order valence-corrected chi connectivity index (χ2v) is 8.94. The number of hydrogen-bond donors (Lipinski definition) is 0. The van der Waals surface area contributed by atoms with Crippen molar-refractivity contribution >= 4 is 22.7 Å². The Kier molecular flexibility index (Phi) is 7.02. The van der Waals surface area contributed by atoms with Crippen LogP contribution in [0.25, 0.3) is 33.5 Å². The molecule has 182 valence electrons. The molecule has 0 aliphatic rings. The quantitative estimate of drug-likeness (QED) is 0.177. The lowest BCUT2D eigenvalue weighted by molar-refractivity contribution is 0.185. The fraction of sp³-hybridized carbons (Fsp3) is 0.148. The average Bonchev–Trinajstić information content (AvgIpc) is 3.31. The van der Waals surface area contributed by atoms with Crippen LogP contribution in [0, 0.1) is 17.5 Å². The number of aromatic nitrogens is 4. The predicted octanol–water partition coefficient (Wildman–Crippen LogP) is 6.52. The number of para-hydroxylation sites is 1. The van der Waals surface area contributed by atoms with Crippen LogP contribution in [-0.4, -0.2) is 33.5 Å². The Bertz CT molecular complexity index is 1530. The number of thioether (sulfide) groups is 1. The zero-order chi connectivity index (χ0) is 25.1. The minimum absolute atomic E-state index is 0.146. The first kappa shape index (κ1) is 24.0. The van der Waals surface area contributed by atoms with Gasteiger partial charge in [0.1, 0.15) is 5.82 Å². The van der Waals surface area contributed by atoms with Gasteiger partial charge in [0.15, 0.2) is 22.6 Å². The van der Waals surface area contributed by atoms with Crippen molar-refractivity contribution in [2.45, 2.75) is 17.5 Å². The van der Waals surface area contributed by atoms with Crippen molar-refractivity contribution in [1.82, 2.24) is 19.7 Å². The van der Waals surface area contributed by atoms with E-state index in [0.717, 1.165) is 51.6 Å². The van der Waals surface area contributed by atoms with Crippen LogP contribution in [0.2, 0.25) is 0 Å². The van der Waals surface area contributed by atoms with Crippen LogP contribution in [0.5, 0.6) is 0 Å². The van der Waals surface area contributed by atoms with Gasteiger partial charge in [0, 0.05) is 34.9 Å². The van der Waals surface area contributed by atoms with Crippen molar-refractivity contribution in [3.8, 4) is 22.6 Å². The van der Waals surface area contributed by atoms with Crippen LogP contribution >= 0.6 is 11.8 Å². The molecule has 0 bridgehead atoms. The Morgan fingerprint density at radius 2 is 1.64 bits per heavy atom. The standard InChI is InChI=1S/C27H21F3N4OS/c1-35-14-13-34-26(32-33-27(34)36-16-20-21(28)11-12-22(29)25(20)30)19-15-24(17-7-3-2-4-8-17)31-23-10-6-5-9-18(19)23/h2-12,15H,13-14,16H2,1H3. The fourth-order valence-corrected chi connectivity index (χ4v) is 4.90. The lowest BCUT2D eigenvalue weighted by Crippen LogP contribution is -2.08. The van der Waals surface area contributed by atoms with E-state index >= 15 is 0 Å². The summed E-state index contributed by atoms with van der Waals surface area (Å²) in [4.78, 5) is 4.83. The second-order valence-electron chi connectivity index (χ2n) is 8.00. The first-order valence-corrected chi connectivity index (χ1v) is 12.2. The summed E-state index contributed by atoms with van der Waals surface area (Å²) >= 11 is 1.08. The van der Waals surface area contributed by atoms with Crippen molar-refractivity contribution in [3.05, 3.63) is 95.8 Å². The third-order valence-corrected chi connectivity index (χ3v) is 6.74. The largest absolute Gasteiger partial charge is 0.383 e. The van der Waals surface area contributed by atoms with E-state index in [-0.39, 0.29) is 11.3 Å². The van der Waals surface area contributed by atoms with Gasteiger partial charge in [-0.1, -0.05) is 60.3 Å². The van der Waals surface area contributed by atoms with Crippen LogP contribution in [0.15, 0.2) is 78.0 Å². The molecular formula is C27H21F3N4OS. The molecule has 9 heteroatoms. The Hall–Kier alpha value is -3.69. The minimum Gasteiger partial charge on any atom is -0.383 e. The smallest absolute Gasteiger partial charge is 0.191 e. The van der Waals surface area contributed by atoms with E-state index in [1.807, 2.05) is 65.2 Å². The molecule has 0 fully saturated rings. The highest BCUT2D eigenvalue weighted by molar-refractivity contribution is 7.98. The molecule has 0 radical (unpaired) electrons. The van der Waals surface area contributed by atoms with E-state index in [9.17, 15) is 13.2 Å². The maximum atomic E-state index is 14.2. The predicted molar refractivity (Wildman–Crippen MR) is 134 cm³/mol. The number of rotatable bonds is 8. The molecule has 36 heavy (non-hydrogen) atoms. The van der Waals surface area contributed by atoms with Crippen LogP contribution in [0.1, 0.15) is 5.56 Å². The number of halogens is 3. The van der Waals surface area contributed by atoms with Crippen molar-refractivity contribution in [1.29, 1.82) is 0 Å². The monoisotopic (exact) mass is 506 g/mol. The second kappa shape index (κ2) is 10.5. The topological polar surface area (TPSA) is 52.8 Å². The van der Waals surface area contributed by atoms with Gasteiger partial charge in [-0.15, -0.1) is 10.2 Å². The summed E-state index contributed by atoms with van der Waals surface area (Å²) in [6, 6.07) is 21.2.